The first-order valence-corrected chi connectivity index (χ1v) is 3.14. The molecule has 1 aromatic rings. The minimum absolute atomic E-state index is 0.000000000000000444. The molecule has 0 amide bonds. The summed E-state index contributed by atoms with van der Waals surface area (Å²) in [6.07, 6.45) is 1.42. The van der Waals surface area contributed by atoms with E-state index in [1.807, 2.05) is 0 Å². The maximum atomic E-state index is 8.91. The van der Waals surface area contributed by atoms with Crippen molar-refractivity contribution in [2.24, 2.45) is 0 Å². The van der Waals surface area contributed by atoms with Gasteiger partial charge in [-0.3, -0.25) is 4.98 Å². The zero-order chi connectivity index (χ0) is 8.48. The van der Waals surface area contributed by atoms with Crippen LogP contribution < -0.4 is 0 Å². The molecule has 1 rings (SSSR count). The SMILES string of the molecule is [2H]C([2H])(O)c1ncccc1Br. The Bertz CT molecular complexity index is 261. The summed E-state index contributed by atoms with van der Waals surface area (Å²) >= 11 is 3.07. The molecule has 1 aromatic heterocycles. The van der Waals surface area contributed by atoms with Gasteiger partial charge in [0, 0.05) is 10.7 Å². The van der Waals surface area contributed by atoms with Crippen molar-refractivity contribution in [1.82, 2.24) is 4.98 Å². The second-order valence-electron chi connectivity index (χ2n) is 1.45. The Morgan fingerprint density at radius 2 is 2.67 bits per heavy atom. The van der Waals surface area contributed by atoms with Crippen molar-refractivity contribution in [2.45, 2.75) is 6.56 Å². The van der Waals surface area contributed by atoms with E-state index >= 15 is 0 Å². The summed E-state index contributed by atoms with van der Waals surface area (Å²) in [5.41, 5.74) is 0.000000000000000444. The highest BCUT2D eigenvalue weighted by atomic mass is 79.9. The van der Waals surface area contributed by atoms with Gasteiger partial charge in [0.25, 0.3) is 0 Å². The maximum absolute atomic E-state index is 8.91. The number of nitrogens with zero attached hydrogens (tertiary/aromatic N) is 1. The van der Waals surface area contributed by atoms with Gasteiger partial charge in [-0.15, -0.1) is 0 Å². The van der Waals surface area contributed by atoms with E-state index in [4.69, 9.17) is 7.85 Å². The lowest BCUT2D eigenvalue weighted by molar-refractivity contribution is 0.276. The van der Waals surface area contributed by atoms with Crippen molar-refractivity contribution in [3.05, 3.63) is 28.5 Å². The molecule has 0 spiro atoms. The molecule has 0 radical (unpaired) electrons. The van der Waals surface area contributed by atoms with Crippen molar-refractivity contribution in [2.75, 3.05) is 0 Å². The normalized spacial score (nSPS) is 14.4. The summed E-state index contributed by atoms with van der Waals surface area (Å²) in [5.74, 6) is 0. The molecule has 9 heavy (non-hydrogen) atoms. The first kappa shape index (κ1) is 4.41. The Hall–Kier alpha value is -0.410. The Morgan fingerprint density at radius 3 is 3.11 bits per heavy atom. The highest BCUT2D eigenvalue weighted by molar-refractivity contribution is 9.10. The van der Waals surface area contributed by atoms with Gasteiger partial charge >= 0.3 is 0 Å². The zero-order valence-electron chi connectivity index (χ0n) is 6.50. The van der Waals surface area contributed by atoms with Crippen molar-refractivity contribution in [3.8, 4) is 0 Å². The van der Waals surface area contributed by atoms with E-state index in [1.54, 1.807) is 12.1 Å². The monoisotopic (exact) mass is 189 g/mol. The van der Waals surface area contributed by atoms with Gasteiger partial charge in [-0.1, -0.05) is 0 Å². The van der Waals surface area contributed by atoms with E-state index in [0.29, 0.717) is 4.47 Å². The summed E-state index contributed by atoms with van der Waals surface area (Å²) in [6, 6.07) is 3.27. The molecule has 0 saturated carbocycles. The molecule has 48 valence electrons. The molecule has 0 aliphatic heterocycles. The van der Waals surface area contributed by atoms with Gasteiger partial charge < -0.3 is 5.11 Å². The van der Waals surface area contributed by atoms with Gasteiger partial charge in [0.05, 0.1) is 15.0 Å². The number of hydrogen-bond donors (Lipinski definition) is 1. The molecule has 0 unspecified atom stereocenters. The summed E-state index contributed by atoms with van der Waals surface area (Å²) in [6.45, 7) is -2.37. The number of rotatable bonds is 1. The lowest BCUT2D eigenvalue weighted by Crippen LogP contribution is -1.87. The number of pyridine rings is 1. The second kappa shape index (κ2) is 2.94. The molecular weight excluding hydrogens is 182 g/mol. The first-order chi connectivity index (χ1) is 5.02. The Labute approximate surface area is 64.5 Å². The fraction of sp³-hybridized carbons (Fsp3) is 0.167. The molecule has 2 nitrogen and oxygen atoms in total. The molecule has 1 heterocycles. The quantitative estimate of drug-likeness (QED) is 0.724. The van der Waals surface area contributed by atoms with Crippen LogP contribution in [0.4, 0.5) is 0 Å². The smallest absolute Gasteiger partial charge is 0.0864 e. The highest BCUT2D eigenvalue weighted by Gasteiger charge is 1.94. The molecule has 0 saturated heterocycles. The maximum Gasteiger partial charge on any atom is 0.0864 e. The predicted octanol–water partition coefficient (Wildman–Crippen LogP) is 1.34. The number of aliphatic hydroxyl groups is 1. The minimum atomic E-state index is -2.37. The van der Waals surface area contributed by atoms with Gasteiger partial charge in [0.1, 0.15) is 0 Å². The van der Waals surface area contributed by atoms with Crippen molar-refractivity contribution in [3.63, 3.8) is 0 Å². The van der Waals surface area contributed by atoms with Gasteiger partial charge in [0.15, 0.2) is 0 Å². The van der Waals surface area contributed by atoms with Crippen molar-refractivity contribution >= 4 is 15.9 Å². The van der Waals surface area contributed by atoms with Crippen LogP contribution in [0.15, 0.2) is 22.8 Å². The standard InChI is InChI=1S/C6H6BrNO/c7-5-2-1-3-8-6(5)4-9/h1-3,9H,4H2/i4D2. The third kappa shape index (κ3) is 1.50. The molecule has 3 heteroatoms. The summed E-state index contributed by atoms with van der Waals surface area (Å²) < 4.78 is 14.4. The van der Waals surface area contributed by atoms with E-state index in [9.17, 15) is 0 Å². The molecule has 1 N–H and O–H groups in total. The third-order valence-electron chi connectivity index (χ3n) is 0.864. The molecule has 0 aliphatic carbocycles. The fourth-order valence-corrected chi connectivity index (χ4v) is 0.812. The molecule has 0 fully saturated rings. The molecular formula is C6H6BrNO. The largest absolute Gasteiger partial charge is 0.390 e. The average Bonchev–Trinajstić information content (AvgIpc) is 1.86. The van der Waals surface area contributed by atoms with Crippen LogP contribution in [0.3, 0.4) is 0 Å². The minimum Gasteiger partial charge on any atom is -0.390 e. The van der Waals surface area contributed by atoms with Crippen molar-refractivity contribution < 1.29 is 7.85 Å². The fourth-order valence-electron chi connectivity index (χ4n) is 0.468. The van der Waals surface area contributed by atoms with Crippen LogP contribution in [0.1, 0.15) is 8.44 Å². The molecule has 0 aliphatic rings. The van der Waals surface area contributed by atoms with Crippen LogP contribution in [0.5, 0.6) is 0 Å². The van der Waals surface area contributed by atoms with Crippen LogP contribution in [-0.4, -0.2) is 10.1 Å². The first-order valence-electron chi connectivity index (χ1n) is 3.35. The van der Waals surface area contributed by atoms with Crippen molar-refractivity contribution in [1.29, 1.82) is 0 Å². The Kier molecular flexibility index (Phi) is 1.44. The number of aromatic nitrogens is 1. The van der Waals surface area contributed by atoms with Crippen LogP contribution >= 0.6 is 15.9 Å². The van der Waals surface area contributed by atoms with E-state index in [-0.39, 0.29) is 5.69 Å². The topological polar surface area (TPSA) is 33.1 Å². The van der Waals surface area contributed by atoms with E-state index in [2.05, 4.69) is 20.9 Å². The van der Waals surface area contributed by atoms with Gasteiger partial charge in [-0.05, 0) is 28.1 Å². The highest BCUT2D eigenvalue weighted by Crippen LogP contribution is 2.11. The van der Waals surface area contributed by atoms with Gasteiger partial charge in [0.2, 0.25) is 0 Å². The third-order valence-corrected chi connectivity index (χ3v) is 1.50. The lowest BCUT2D eigenvalue weighted by Gasteiger charge is -1.94. The summed E-state index contributed by atoms with van der Waals surface area (Å²) in [5, 5.41) is 8.91. The van der Waals surface area contributed by atoms with Crippen LogP contribution in [0.2, 0.25) is 0 Å². The van der Waals surface area contributed by atoms with Gasteiger partial charge in [-0.25, -0.2) is 0 Å². The number of halogens is 1. The van der Waals surface area contributed by atoms with Gasteiger partial charge in [-0.2, -0.15) is 0 Å². The Morgan fingerprint density at radius 1 is 1.89 bits per heavy atom. The lowest BCUT2D eigenvalue weighted by atomic mass is 10.4. The number of hydrogen-bond acceptors (Lipinski definition) is 2. The predicted molar refractivity (Wildman–Crippen MR) is 37.9 cm³/mol. The summed E-state index contributed by atoms with van der Waals surface area (Å²) in [7, 11) is 0. The molecule has 0 aromatic carbocycles. The van der Waals surface area contributed by atoms with E-state index in [1.165, 1.54) is 6.20 Å². The van der Waals surface area contributed by atoms with E-state index < -0.39 is 6.56 Å². The second-order valence-corrected chi connectivity index (χ2v) is 2.30. The molecule has 0 atom stereocenters. The van der Waals surface area contributed by atoms with E-state index in [0.717, 1.165) is 0 Å². The zero-order valence-corrected chi connectivity index (χ0v) is 6.09. The average molecular weight is 190 g/mol. The van der Waals surface area contributed by atoms with Crippen LogP contribution in [0, 0.1) is 0 Å². The summed E-state index contributed by atoms with van der Waals surface area (Å²) in [4.78, 5) is 3.68. The molecule has 0 bridgehead atoms. The Balaban J connectivity index is 3.14. The van der Waals surface area contributed by atoms with Crippen LogP contribution in [0.25, 0.3) is 0 Å². The van der Waals surface area contributed by atoms with Crippen LogP contribution in [-0.2, 0) is 6.56 Å².